The molecule has 23 heavy (non-hydrogen) atoms. The molecule has 0 radical (unpaired) electrons. The second kappa shape index (κ2) is 8.70. The third-order valence-corrected chi connectivity index (χ3v) is 4.10. The fourth-order valence-electron chi connectivity index (χ4n) is 2.56. The van der Waals surface area contributed by atoms with E-state index in [9.17, 15) is 5.11 Å². The standard InChI is InChI=1S/C20H27NO2/c1-4-13-23-19-12-8-9-17(14-19)15-21(3)16(2)20(22)18-10-6-5-7-11-18/h5-12,14,16,20,22H,4,13,15H2,1-3H3. The van der Waals surface area contributed by atoms with Crippen molar-refractivity contribution in [2.45, 2.75) is 39.0 Å². The topological polar surface area (TPSA) is 32.7 Å². The summed E-state index contributed by atoms with van der Waals surface area (Å²) in [6, 6.07) is 18.0. The minimum Gasteiger partial charge on any atom is -0.494 e. The Bertz CT molecular complexity index is 585. The van der Waals surface area contributed by atoms with Gasteiger partial charge in [0.2, 0.25) is 0 Å². The zero-order valence-electron chi connectivity index (χ0n) is 14.3. The molecule has 0 saturated carbocycles. The van der Waals surface area contributed by atoms with E-state index in [2.05, 4.69) is 30.9 Å². The molecule has 0 fully saturated rings. The predicted molar refractivity (Wildman–Crippen MR) is 94.6 cm³/mol. The SMILES string of the molecule is CCCOc1cccc(CN(C)C(C)C(O)c2ccccc2)c1. The summed E-state index contributed by atoms with van der Waals surface area (Å²) in [5.74, 6) is 0.911. The van der Waals surface area contributed by atoms with Crippen LogP contribution in [0.1, 0.15) is 37.5 Å². The molecule has 3 heteroatoms. The Hall–Kier alpha value is -1.84. The summed E-state index contributed by atoms with van der Waals surface area (Å²) in [5.41, 5.74) is 2.14. The fourth-order valence-corrected chi connectivity index (χ4v) is 2.56. The zero-order chi connectivity index (χ0) is 16.7. The van der Waals surface area contributed by atoms with Gasteiger partial charge in [-0.25, -0.2) is 0 Å². The average Bonchev–Trinajstić information content (AvgIpc) is 2.59. The van der Waals surface area contributed by atoms with Gasteiger partial charge in [0.15, 0.2) is 0 Å². The van der Waals surface area contributed by atoms with Gasteiger partial charge in [-0.2, -0.15) is 0 Å². The van der Waals surface area contributed by atoms with Gasteiger partial charge in [0.05, 0.1) is 12.7 Å². The molecule has 0 aliphatic rings. The van der Waals surface area contributed by atoms with E-state index < -0.39 is 6.10 Å². The van der Waals surface area contributed by atoms with Crippen molar-refractivity contribution in [1.82, 2.24) is 4.90 Å². The third kappa shape index (κ3) is 5.08. The molecule has 1 N–H and O–H groups in total. The van der Waals surface area contributed by atoms with E-state index in [1.54, 1.807) is 0 Å². The summed E-state index contributed by atoms with van der Waals surface area (Å²) in [6.45, 7) is 5.66. The Labute approximate surface area is 139 Å². The molecule has 2 aromatic rings. The Morgan fingerprint density at radius 3 is 2.52 bits per heavy atom. The molecule has 0 aliphatic carbocycles. The molecule has 2 atom stereocenters. The minimum atomic E-state index is -0.499. The monoisotopic (exact) mass is 313 g/mol. The van der Waals surface area contributed by atoms with Crippen LogP contribution < -0.4 is 4.74 Å². The quantitative estimate of drug-likeness (QED) is 0.798. The normalized spacial score (nSPS) is 13.8. The zero-order valence-corrected chi connectivity index (χ0v) is 14.3. The van der Waals surface area contributed by atoms with Crippen LogP contribution in [0.4, 0.5) is 0 Å². The van der Waals surface area contributed by atoms with Gasteiger partial charge >= 0.3 is 0 Å². The van der Waals surface area contributed by atoms with Crippen LogP contribution in [0.3, 0.4) is 0 Å². The molecule has 2 aromatic carbocycles. The van der Waals surface area contributed by atoms with Crippen molar-refractivity contribution < 1.29 is 9.84 Å². The lowest BCUT2D eigenvalue weighted by Gasteiger charge is -2.29. The minimum absolute atomic E-state index is 0.0256. The summed E-state index contributed by atoms with van der Waals surface area (Å²) in [5, 5.41) is 10.5. The second-order valence-electron chi connectivity index (χ2n) is 6.01. The number of nitrogens with zero attached hydrogens (tertiary/aromatic N) is 1. The van der Waals surface area contributed by atoms with Crippen LogP contribution in [-0.2, 0) is 6.54 Å². The van der Waals surface area contributed by atoms with E-state index in [1.165, 1.54) is 5.56 Å². The lowest BCUT2D eigenvalue weighted by atomic mass is 10.0. The summed E-state index contributed by atoms with van der Waals surface area (Å²) in [4.78, 5) is 2.16. The molecule has 0 heterocycles. The molecule has 0 saturated heterocycles. The first-order valence-corrected chi connectivity index (χ1v) is 8.26. The molecular formula is C20H27NO2. The van der Waals surface area contributed by atoms with Crippen molar-refractivity contribution in [2.75, 3.05) is 13.7 Å². The molecule has 2 unspecified atom stereocenters. The number of ether oxygens (including phenoxy) is 1. The van der Waals surface area contributed by atoms with E-state index >= 15 is 0 Å². The first kappa shape index (κ1) is 17.5. The maximum Gasteiger partial charge on any atom is 0.119 e. The van der Waals surface area contributed by atoms with Gasteiger partial charge in [0, 0.05) is 12.6 Å². The molecule has 3 nitrogen and oxygen atoms in total. The highest BCUT2D eigenvalue weighted by Crippen LogP contribution is 2.22. The van der Waals surface area contributed by atoms with E-state index in [4.69, 9.17) is 4.74 Å². The van der Waals surface area contributed by atoms with Gasteiger partial charge in [0.1, 0.15) is 5.75 Å². The van der Waals surface area contributed by atoms with E-state index in [-0.39, 0.29) is 6.04 Å². The van der Waals surface area contributed by atoms with Gasteiger partial charge in [-0.05, 0) is 43.7 Å². The fraction of sp³-hybridized carbons (Fsp3) is 0.400. The Kier molecular flexibility index (Phi) is 6.63. The molecule has 0 bridgehead atoms. The Morgan fingerprint density at radius 1 is 1.09 bits per heavy atom. The number of likely N-dealkylation sites (N-methyl/N-ethyl adjacent to an activating group) is 1. The molecule has 2 rings (SSSR count). The van der Waals surface area contributed by atoms with E-state index in [0.29, 0.717) is 0 Å². The molecule has 0 spiro atoms. The van der Waals surface area contributed by atoms with Crippen molar-refractivity contribution in [3.8, 4) is 5.75 Å². The summed E-state index contributed by atoms with van der Waals surface area (Å²) >= 11 is 0. The van der Waals surface area contributed by atoms with Crippen LogP contribution in [0.25, 0.3) is 0 Å². The van der Waals surface area contributed by atoms with Crippen molar-refractivity contribution in [1.29, 1.82) is 0 Å². The molecular weight excluding hydrogens is 286 g/mol. The van der Waals surface area contributed by atoms with Crippen LogP contribution in [0.15, 0.2) is 54.6 Å². The largest absolute Gasteiger partial charge is 0.494 e. The number of benzene rings is 2. The van der Waals surface area contributed by atoms with Crippen LogP contribution in [0.5, 0.6) is 5.75 Å². The van der Waals surface area contributed by atoms with Crippen molar-refractivity contribution in [3.05, 3.63) is 65.7 Å². The van der Waals surface area contributed by atoms with Gasteiger partial charge in [-0.15, -0.1) is 0 Å². The average molecular weight is 313 g/mol. The third-order valence-electron chi connectivity index (χ3n) is 4.10. The van der Waals surface area contributed by atoms with Crippen LogP contribution in [-0.4, -0.2) is 29.7 Å². The molecule has 0 aliphatic heterocycles. The van der Waals surface area contributed by atoms with Gasteiger partial charge in [-0.1, -0.05) is 49.4 Å². The Balaban J connectivity index is 1.99. The first-order valence-electron chi connectivity index (χ1n) is 8.26. The van der Waals surface area contributed by atoms with Gasteiger partial charge in [0.25, 0.3) is 0 Å². The lowest BCUT2D eigenvalue weighted by molar-refractivity contribution is 0.0688. The molecule has 124 valence electrons. The van der Waals surface area contributed by atoms with E-state index in [0.717, 1.165) is 30.9 Å². The van der Waals surface area contributed by atoms with Crippen LogP contribution in [0.2, 0.25) is 0 Å². The van der Waals surface area contributed by atoms with Gasteiger partial charge < -0.3 is 9.84 Å². The predicted octanol–water partition coefficient (Wildman–Crippen LogP) is 4.03. The van der Waals surface area contributed by atoms with Crippen LogP contribution >= 0.6 is 0 Å². The highest BCUT2D eigenvalue weighted by atomic mass is 16.5. The van der Waals surface area contributed by atoms with Gasteiger partial charge in [-0.3, -0.25) is 4.90 Å². The number of hydrogen-bond acceptors (Lipinski definition) is 3. The summed E-state index contributed by atoms with van der Waals surface area (Å²) in [6.07, 6.45) is 0.505. The summed E-state index contributed by atoms with van der Waals surface area (Å²) in [7, 11) is 2.04. The molecule has 0 amide bonds. The highest BCUT2D eigenvalue weighted by molar-refractivity contribution is 5.28. The van der Waals surface area contributed by atoms with Crippen molar-refractivity contribution >= 4 is 0 Å². The van der Waals surface area contributed by atoms with E-state index in [1.807, 2.05) is 49.5 Å². The van der Waals surface area contributed by atoms with Crippen molar-refractivity contribution in [2.24, 2.45) is 0 Å². The smallest absolute Gasteiger partial charge is 0.119 e. The lowest BCUT2D eigenvalue weighted by Crippen LogP contribution is -2.33. The Morgan fingerprint density at radius 2 is 1.83 bits per heavy atom. The summed E-state index contributed by atoms with van der Waals surface area (Å²) < 4.78 is 5.69. The first-order chi connectivity index (χ1) is 11.1. The number of aliphatic hydroxyl groups excluding tert-OH is 1. The maximum absolute atomic E-state index is 10.5. The molecule has 0 aromatic heterocycles. The second-order valence-corrected chi connectivity index (χ2v) is 6.01. The number of aliphatic hydroxyl groups is 1. The number of rotatable bonds is 8. The van der Waals surface area contributed by atoms with Crippen LogP contribution in [0, 0.1) is 0 Å². The van der Waals surface area contributed by atoms with Crippen molar-refractivity contribution in [3.63, 3.8) is 0 Å². The highest BCUT2D eigenvalue weighted by Gasteiger charge is 2.20. The number of hydrogen-bond donors (Lipinski definition) is 1. The maximum atomic E-state index is 10.5.